The molecule has 12 rings (SSSR count). The second kappa shape index (κ2) is 13.7. The summed E-state index contributed by atoms with van der Waals surface area (Å²) < 4.78 is 13.3. The predicted octanol–water partition coefficient (Wildman–Crippen LogP) is 16.3. The van der Waals surface area contributed by atoms with Crippen LogP contribution in [0, 0.1) is 0 Å². The fourth-order valence-corrected chi connectivity index (χ4v) is 10.3. The van der Waals surface area contributed by atoms with Gasteiger partial charge in [0.25, 0.3) is 0 Å². The zero-order valence-corrected chi connectivity index (χ0v) is 34.9. The van der Waals surface area contributed by atoms with E-state index in [1.54, 1.807) is 0 Å². The lowest BCUT2D eigenvalue weighted by Crippen LogP contribution is -2.28. The number of furan rings is 2. The molecule has 0 bridgehead atoms. The molecule has 11 aromatic rings. The highest BCUT2D eigenvalue weighted by molar-refractivity contribution is 6.16. The number of hydrogen-bond acceptors (Lipinski definition) is 3. The van der Waals surface area contributed by atoms with E-state index in [0.717, 1.165) is 72.1 Å². The first kappa shape index (κ1) is 36.2. The van der Waals surface area contributed by atoms with Gasteiger partial charge in [0.15, 0.2) is 0 Å². The van der Waals surface area contributed by atoms with Crippen LogP contribution in [0.5, 0.6) is 0 Å². The molecule has 1 aliphatic rings. The van der Waals surface area contributed by atoms with E-state index in [9.17, 15) is 0 Å². The topological polar surface area (TPSA) is 29.5 Å². The molecule has 3 heteroatoms. The minimum absolute atomic E-state index is 0.0178. The lowest BCUT2D eigenvalue weighted by atomic mass is 9.67. The van der Waals surface area contributed by atoms with Gasteiger partial charge >= 0.3 is 0 Å². The Labute approximate surface area is 361 Å². The zero-order chi connectivity index (χ0) is 41.6. The quantitative estimate of drug-likeness (QED) is 0.168. The Hall–Kier alpha value is -7.62. The first-order valence-corrected chi connectivity index (χ1v) is 21.5. The van der Waals surface area contributed by atoms with Crippen molar-refractivity contribution in [2.75, 3.05) is 4.90 Å². The fraction of sp³-hybridized carbons (Fsp3) is 0.0847. The minimum atomic E-state index is -0.552. The van der Waals surface area contributed by atoms with Crippen molar-refractivity contribution in [1.29, 1.82) is 0 Å². The first-order chi connectivity index (χ1) is 30.4. The molecular formula is C59H43NO2. The Bertz CT molecular complexity index is 3470. The summed E-state index contributed by atoms with van der Waals surface area (Å²) in [5.74, 6) is 0. The van der Waals surface area contributed by atoms with Crippen molar-refractivity contribution in [1.82, 2.24) is 0 Å². The van der Waals surface area contributed by atoms with Gasteiger partial charge in [-0.25, -0.2) is 0 Å². The normalized spacial score (nSPS) is 13.2. The molecule has 2 heterocycles. The molecule has 62 heavy (non-hydrogen) atoms. The summed E-state index contributed by atoms with van der Waals surface area (Å²) in [5.41, 5.74) is 17.1. The average molecular weight is 798 g/mol. The van der Waals surface area contributed by atoms with Crippen LogP contribution < -0.4 is 4.90 Å². The van der Waals surface area contributed by atoms with Crippen molar-refractivity contribution in [3.63, 3.8) is 0 Å². The van der Waals surface area contributed by atoms with Crippen LogP contribution in [0.1, 0.15) is 48.6 Å². The van der Waals surface area contributed by atoms with Crippen LogP contribution in [0.4, 0.5) is 17.1 Å². The van der Waals surface area contributed by atoms with Gasteiger partial charge in [-0.3, -0.25) is 0 Å². The summed E-state index contributed by atoms with van der Waals surface area (Å²) in [6.07, 6.45) is 0. The molecule has 9 aromatic carbocycles. The first-order valence-electron chi connectivity index (χ1n) is 21.5. The van der Waals surface area contributed by atoms with Gasteiger partial charge in [-0.15, -0.1) is 0 Å². The number of rotatable bonds is 6. The largest absolute Gasteiger partial charge is 0.456 e. The van der Waals surface area contributed by atoms with Gasteiger partial charge in [0.2, 0.25) is 0 Å². The van der Waals surface area contributed by atoms with Crippen LogP contribution in [0.3, 0.4) is 0 Å². The summed E-state index contributed by atoms with van der Waals surface area (Å²) in [4.78, 5) is 2.42. The SMILES string of the molecule is CC(C)(C)c1ccc2c(c1)oc1cccc(N(c3cccc(C4(c5ccccc5)c5ccccc5-c5ccccc54)c3)c3ccc4oc5cccc(-c6ccccc6)c5c4c3)c12. The van der Waals surface area contributed by atoms with Gasteiger partial charge in [-0.1, -0.05) is 172 Å². The van der Waals surface area contributed by atoms with E-state index in [0.29, 0.717) is 0 Å². The summed E-state index contributed by atoms with van der Waals surface area (Å²) in [7, 11) is 0. The fourth-order valence-electron chi connectivity index (χ4n) is 10.3. The van der Waals surface area contributed by atoms with Crippen molar-refractivity contribution in [2.24, 2.45) is 0 Å². The molecule has 296 valence electrons. The van der Waals surface area contributed by atoms with Crippen LogP contribution in [-0.2, 0) is 10.8 Å². The number of nitrogens with zero attached hydrogens (tertiary/aromatic N) is 1. The van der Waals surface area contributed by atoms with E-state index in [1.807, 2.05) is 0 Å². The highest BCUT2D eigenvalue weighted by Crippen LogP contribution is 2.57. The number of anilines is 3. The van der Waals surface area contributed by atoms with Crippen LogP contribution in [0.2, 0.25) is 0 Å². The molecule has 3 nitrogen and oxygen atoms in total. The Morgan fingerprint density at radius 1 is 0.403 bits per heavy atom. The summed E-state index contributed by atoms with van der Waals surface area (Å²) in [5, 5.41) is 4.33. The van der Waals surface area contributed by atoms with E-state index in [-0.39, 0.29) is 5.41 Å². The number of hydrogen-bond donors (Lipinski definition) is 0. The molecule has 0 unspecified atom stereocenters. The summed E-state index contributed by atoms with van der Waals surface area (Å²) in [6.45, 7) is 6.75. The molecule has 2 aromatic heterocycles. The lowest BCUT2D eigenvalue weighted by molar-refractivity contribution is 0.587. The molecule has 0 radical (unpaired) electrons. The lowest BCUT2D eigenvalue weighted by Gasteiger charge is -2.35. The van der Waals surface area contributed by atoms with Crippen LogP contribution in [0.15, 0.2) is 215 Å². The Kier molecular flexibility index (Phi) is 8.01. The van der Waals surface area contributed by atoms with Crippen molar-refractivity contribution >= 4 is 60.9 Å². The van der Waals surface area contributed by atoms with Crippen LogP contribution in [-0.4, -0.2) is 0 Å². The number of benzene rings is 9. The molecular weight excluding hydrogens is 755 g/mol. The van der Waals surface area contributed by atoms with Crippen molar-refractivity contribution in [3.8, 4) is 22.3 Å². The van der Waals surface area contributed by atoms with Crippen molar-refractivity contribution < 1.29 is 8.83 Å². The highest BCUT2D eigenvalue weighted by Gasteiger charge is 2.46. The third-order valence-electron chi connectivity index (χ3n) is 13.1. The molecule has 0 saturated heterocycles. The van der Waals surface area contributed by atoms with E-state index < -0.39 is 5.41 Å². The van der Waals surface area contributed by atoms with Crippen LogP contribution >= 0.6 is 0 Å². The van der Waals surface area contributed by atoms with Crippen molar-refractivity contribution in [3.05, 3.63) is 234 Å². The smallest absolute Gasteiger partial charge is 0.137 e. The minimum Gasteiger partial charge on any atom is -0.456 e. The van der Waals surface area contributed by atoms with Gasteiger partial charge < -0.3 is 13.7 Å². The van der Waals surface area contributed by atoms with E-state index in [4.69, 9.17) is 8.83 Å². The molecule has 0 N–H and O–H groups in total. The molecule has 0 fully saturated rings. The summed E-state index contributed by atoms with van der Waals surface area (Å²) in [6, 6.07) is 74.9. The second-order valence-electron chi connectivity index (χ2n) is 17.6. The van der Waals surface area contributed by atoms with Gasteiger partial charge in [-0.2, -0.15) is 0 Å². The van der Waals surface area contributed by atoms with Crippen LogP contribution in [0.25, 0.3) is 66.1 Å². The third-order valence-corrected chi connectivity index (χ3v) is 13.1. The number of fused-ring (bicyclic) bond motifs is 9. The Morgan fingerprint density at radius 3 is 1.74 bits per heavy atom. The molecule has 0 atom stereocenters. The maximum atomic E-state index is 6.75. The maximum absolute atomic E-state index is 6.75. The Balaban J connectivity index is 1.15. The molecule has 0 saturated carbocycles. The molecule has 1 aliphatic carbocycles. The van der Waals surface area contributed by atoms with Gasteiger partial charge in [-0.05, 0) is 110 Å². The van der Waals surface area contributed by atoms with Gasteiger partial charge in [0, 0.05) is 27.5 Å². The van der Waals surface area contributed by atoms with Crippen molar-refractivity contribution in [2.45, 2.75) is 31.6 Å². The van der Waals surface area contributed by atoms with E-state index in [1.165, 1.54) is 38.9 Å². The predicted molar refractivity (Wildman–Crippen MR) is 257 cm³/mol. The maximum Gasteiger partial charge on any atom is 0.137 e. The third kappa shape index (κ3) is 5.38. The highest BCUT2D eigenvalue weighted by atomic mass is 16.3. The average Bonchev–Trinajstić information content (AvgIpc) is 3.98. The van der Waals surface area contributed by atoms with Gasteiger partial charge in [0.05, 0.1) is 16.5 Å². The summed E-state index contributed by atoms with van der Waals surface area (Å²) >= 11 is 0. The Morgan fingerprint density at radius 2 is 1.00 bits per heavy atom. The molecule has 0 amide bonds. The standard InChI is InChI=1S/C59H43NO2/c1-58(2,3)40-31-33-47-55(36-40)62-54-30-16-28-51(57(47)54)60(43-32-34-52-48(37-43)56-44(25-15-29-53(56)61-52)38-17-6-4-7-18-38)42-22-14-21-41(35-42)59(39-19-8-5-9-20-39)49-26-12-10-23-45(49)46-24-11-13-27-50(46)59/h4-37H,1-3H3. The zero-order valence-electron chi connectivity index (χ0n) is 34.9. The van der Waals surface area contributed by atoms with E-state index in [2.05, 4.69) is 232 Å². The van der Waals surface area contributed by atoms with E-state index >= 15 is 0 Å². The second-order valence-corrected chi connectivity index (χ2v) is 17.6. The molecule has 0 aliphatic heterocycles. The molecule has 0 spiro atoms. The van der Waals surface area contributed by atoms with Gasteiger partial charge in [0.1, 0.15) is 22.3 Å². The monoisotopic (exact) mass is 797 g/mol.